The Labute approximate surface area is 728 Å². The van der Waals surface area contributed by atoms with Crippen LogP contribution in [0.25, 0.3) is 0 Å². The summed E-state index contributed by atoms with van der Waals surface area (Å²) >= 11 is 0. The van der Waals surface area contributed by atoms with Gasteiger partial charge in [0.25, 0.3) is 17.7 Å². The summed E-state index contributed by atoms with van der Waals surface area (Å²) in [7, 11) is -6.60. The van der Waals surface area contributed by atoms with Crippen LogP contribution in [0.3, 0.4) is 0 Å². The number of nitrogens with zero attached hydrogens (tertiary/aromatic N) is 13. The van der Waals surface area contributed by atoms with Gasteiger partial charge < -0.3 is 69.9 Å². The third kappa shape index (κ3) is 21.1. The topological polar surface area (TPSA) is 350 Å². The number of hydrogen-bond acceptors (Lipinski definition) is 22. The van der Waals surface area contributed by atoms with E-state index in [0.717, 1.165) is 146 Å². The number of benzene rings is 8. The number of sulfonamides is 2. The van der Waals surface area contributed by atoms with E-state index in [1.807, 2.05) is 149 Å². The molecule has 1 aromatic heterocycles. The first kappa shape index (κ1) is 90.1. The monoisotopic (exact) mass is 1740 g/mol. The van der Waals surface area contributed by atoms with E-state index in [2.05, 4.69) is 53.8 Å². The number of piperazine rings is 3. The fraction of sp³-hybridized carbons (Fsp3) is 0.366. The molecule has 8 N–H and O–H groups in total. The summed E-state index contributed by atoms with van der Waals surface area (Å²) in [6, 6.07) is 52.8. The lowest BCUT2D eigenvalue weighted by molar-refractivity contribution is 0.0695. The standard InChI is InChI=1S/C31H34F2N6O3S.C31H35FN6O2.C31H36N6O4S/c1-20-15-21(2)27(36-23-7-9-37(10-8-23)28-6-4-3-5-22(28)19-34)16-24(20)31(40)39-13-11-38(12-14-39)29-17-25(32)26(33)18-30(29)43(35,41)42;1-21-16-22(2)28(35-24-9-12-36(13-10-24)29-8-4-3-6-23(29)18-33)17-26(21)31(40)37-14-15-38(25(19-37)20-39)30-27(32)7-5-11-34-30;1-22-19-29(41-2)25(20-26(22)34-24-11-13-35(14-12-24)27-8-4-3-7-23(27)21-32)31(38)37-17-15-36(16-18-37)28-9-5-6-10-30(28)42(33,39)40/h3-6,15-18,23,36H,7-14H2,1-2H3,(H2,35,41,42);3-8,11,16-17,24-25,35,39H,9-10,12-15,19-20H2,1-2H3;3-10,19-20,24,34H,11-18H2,1-2H3,(H2,33,39,40)/t;25-;/m.0./s1. The van der Waals surface area contributed by atoms with Crippen molar-refractivity contribution in [3.8, 4) is 24.0 Å². The summed E-state index contributed by atoms with van der Waals surface area (Å²) in [6.45, 7) is 18.5. The first-order valence-electron chi connectivity index (χ1n) is 42.0. The van der Waals surface area contributed by atoms with Crippen molar-refractivity contribution in [3.63, 3.8) is 0 Å². The van der Waals surface area contributed by atoms with E-state index in [0.29, 0.717) is 90.2 Å². The lowest BCUT2D eigenvalue weighted by Crippen LogP contribution is -2.56. The van der Waals surface area contributed by atoms with Crippen LogP contribution in [0.5, 0.6) is 5.75 Å². The first-order valence-corrected chi connectivity index (χ1v) is 45.1. The van der Waals surface area contributed by atoms with Gasteiger partial charge in [-0.05, 0) is 192 Å². The molecule has 6 aliphatic rings. The van der Waals surface area contributed by atoms with E-state index < -0.39 is 48.4 Å². The number of aryl methyl sites for hydroxylation is 5. The maximum atomic E-state index is 14.4. The summed E-state index contributed by atoms with van der Waals surface area (Å²) in [5.74, 6) is -2.56. The molecular weight excluding hydrogens is 1630 g/mol. The molecule has 32 heteroatoms. The van der Waals surface area contributed by atoms with Gasteiger partial charge in [0.15, 0.2) is 23.3 Å². The van der Waals surface area contributed by atoms with Crippen molar-refractivity contribution in [2.24, 2.45) is 10.3 Å². The zero-order chi connectivity index (χ0) is 89.0. The normalized spacial score (nSPS) is 16.8. The first-order chi connectivity index (χ1) is 60.0. The lowest BCUT2D eigenvalue weighted by Gasteiger charge is -2.41. The average Bonchev–Trinajstić information content (AvgIpc) is 0.782. The van der Waals surface area contributed by atoms with E-state index in [1.54, 1.807) is 49.8 Å². The molecule has 6 saturated heterocycles. The number of pyridine rings is 1. The van der Waals surface area contributed by atoms with Crippen molar-refractivity contribution < 1.29 is 54.2 Å². The van der Waals surface area contributed by atoms with Gasteiger partial charge in [-0.25, -0.2) is 45.3 Å². The van der Waals surface area contributed by atoms with Gasteiger partial charge in [-0.15, -0.1) is 0 Å². The van der Waals surface area contributed by atoms with Gasteiger partial charge in [-0.3, -0.25) is 14.4 Å². The molecule has 6 fully saturated rings. The number of amides is 3. The van der Waals surface area contributed by atoms with Crippen molar-refractivity contribution in [1.82, 2.24) is 19.7 Å². The minimum atomic E-state index is -4.29. The predicted molar refractivity (Wildman–Crippen MR) is 480 cm³/mol. The second kappa shape index (κ2) is 39.9. The summed E-state index contributed by atoms with van der Waals surface area (Å²) in [4.78, 5) is 62.0. The quantitative estimate of drug-likeness (QED) is 0.0438. The largest absolute Gasteiger partial charge is 0.496 e. The Bertz CT molecular complexity index is 5830. The molecule has 654 valence electrons. The number of hydrogen-bond donors (Lipinski definition) is 6. The molecule has 0 saturated carbocycles. The van der Waals surface area contributed by atoms with Crippen LogP contribution >= 0.6 is 0 Å². The number of carbonyl (C=O) groups is 3. The third-order valence-corrected chi connectivity index (χ3v) is 26.2. The van der Waals surface area contributed by atoms with Gasteiger partial charge in [0.1, 0.15) is 33.7 Å². The number of ether oxygens (including phenoxy) is 1. The molecule has 125 heavy (non-hydrogen) atoms. The Kier molecular flexibility index (Phi) is 28.8. The molecule has 8 aromatic carbocycles. The van der Waals surface area contributed by atoms with Crippen molar-refractivity contribution >= 4 is 89.1 Å². The van der Waals surface area contributed by atoms with Crippen LogP contribution in [0.1, 0.15) is 114 Å². The molecule has 7 heterocycles. The van der Waals surface area contributed by atoms with Gasteiger partial charge >= 0.3 is 0 Å². The predicted octanol–water partition coefficient (Wildman–Crippen LogP) is 11.8. The fourth-order valence-electron chi connectivity index (χ4n) is 17.5. The van der Waals surface area contributed by atoms with Crippen LogP contribution in [0.15, 0.2) is 174 Å². The van der Waals surface area contributed by atoms with Crippen LogP contribution in [-0.4, -0.2) is 208 Å². The molecule has 15 rings (SSSR count). The Hall–Kier alpha value is -12.6. The van der Waals surface area contributed by atoms with E-state index in [4.69, 9.17) is 15.0 Å². The van der Waals surface area contributed by atoms with Crippen LogP contribution < -0.4 is 60.4 Å². The molecule has 1 atom stereocenters. The number of aromatic nitrogens is 1. The molecular formula is C93H105F3N18O9S2. The zero-order valence-electron chi connectivity index (χ0n) is 71.0. The van der Waals surface area contributed by atoms with Crippen LogP contribution in [0.4, 0.5) is 64.5 Å². The van der Waals surface area contributed by atoms with Gasteiger partial charge in [-0.1, -0.05) is 60.7 Å². The van der Waals surface area contributed by atoms with Gasteiger partial charge in [0.05, 0.1) is 70.4 Å². The molecule has 0 unspecified atom stereocenters. The number of rotatable bonds is 19. The molecule has 9 aromatic rings. The minimum absolute atomic E-state index is 0.0198. The Morgan fingerprint density at radius 1 is 0.432 bits per heavy atom. The summed E-state index contributed by atoms with van der Waals surface area (Å²) < 4.78 is 96.1. The molecule has 0 radical (unpaired) electrons. The third-order valence-electron chi connectivity index (χ3n) is 24.3. The highest BCUT2D eigenvalue weighted by Crippen LogP contribution is 2.37. The summed E-state index contributed by atoms with van der Waals surface area (Å²) in [6.07, 6.45) is 6.92. The molecule has 6 aliphatic heterocycles. The smallest absolute Gasteiger partial charge is 0.257 e. The SMILES string of the molecule is COc1cc(C)c(NC2CCN(c3ccccc3C#N)CC2)cc1C(=O)N1CCN(c2ccccc2S(N)(=O)=O)CC1.Cc1cc(C)c(C(=O)N2CCN(c3cc(F)c(F)cc3S(N)(=O)=O)CC2)cc1NC1CCN(c2ccccc2C#N)CC1.Cc1cc(C)c(C(=O)N2CCN(c3ncccc3F)[C@H](CO)C2)cc1NC1CCN(c2ccccc2C#N)CC1. The number of nitrogens with two attached hydrogens (primary N) is 2. The van der Waals surface area contributed by atoms with E-state index >= 15 is 0 Å². The Morgan fingerprint density at radius 2 is 0.800 bits per heavy atom. The van der Waals surface area contributed by atoms with Gasteiger partial charge in [0.2, 0.25) is 20.0 Å². The van der Waals surface area contributed by atoms with E-state index in [-0.39, 0.29) is 91.6 Å². The van der Waals surface area contributed by atoms with Crippen molar-refractivity contribution in [1.29, 1.82) is 15.8 Å². The van der Waals surface area contributed by atoms with E-state index in [1.165, 1.54) is 24.4 Å². The number of aliphatic hydroxyl groups excluding tert-OH is 1. The summed E-state index contributed by atoms with van der Waals surface area (Å²) in [5.41, 5.74) is 14.7. The molecule has 27 nitrogen and oxygen atoms in total. The summed E-state index contributed by atoms with van der Waals surface area (Å²) in [5, 5.41) is 60.1. The second-order valence-electron chi connectivity index (χ2n) is 32.4. The van der Waals surface area contributed by atoms with Gasteiger partial charge in [0, 0.05) is 170 Å². The number of halogens is 3. The van der Waals surface area contributed by atoms with Crippen molar-refractivity contribution in [3.05, 3.63) is 243 Å². The highest BCUT2D eigenvalue weighted by Gasteiger charge is 2.36. The maximum absolute atomic E-state index is 14.4. The molecule has 3 amide bonds. The average molecular weight is 1740 g/mol. The number of anilines is 9. The number of piperidine rings is 3. The highest BCUT2D eigenvalue weighted by atomic mass is 32.2. The Balaban J connectivity index is 0.000000161. The zero-order valence-corrected chi connectivity index (χ0v) is 72.6. The number of nitriles is 3. The maximum Gasteiger partial charge on any atom is 0.257 e. The number of methoxy groups -OCH3 is 1. The molecule has 0 bridgehead atoms. The molecule has 0 spiro atoms. The van der Waals surface area contributed by atoms with Gasteiger partial charge in [-0.2, -0.15) is 15.8 Å². The second-order valence-corrected chi connectivity index (χ2v) is 35.4. The number of carbonyl (C=O) groups excluding carboxylic acids is 3. The number of nitrogens with one attached hydrogen (secondary N) is 3. The van der Waals surface area contributed by atoms with Crippen molar-refractivity contribution in [2.75, 3.05) is 170 Å². The minimum Gasteiger partial charge on any atom is -0.496 e. The number of aliphatic hydroxyl groups is 1. The number of primary sulfonamides is 2. The Morgan fingerprint density at radius 3 is 1.22 bits per heavy atom. The lowest BCUT2D eigenvalue weighted by atomic mass is 9.99. The van der Waals surface area contributed by atoms with Crippen LogP contribution in [-0.2, 0) is 20.0 Å². The van der Waals surface area contributed by atoms with Crippen LogP contribution in [0, 0.1) is 86.1 Å². The molecule has 0 aliphatic carbocycles. The fourth-order valence-corrected chi connectivity index (χ4v) is 19.0. The van der Waals surface area contributed by atoms with E-state index in [9.17, 15) is 65.3 Å². The van der Waals surface area contributed by atoms with Crippen molar-refractivity contribution in [2.45, 2.75) is 107 Å². The van der Waals surface area contributed by atoms with Crippen LogP contribution in [0.2, 0.25) is 0 Å². The number of para-hydroxylation sites is 4. The highest BCUT2D eigenvalue weighted by molar-refractivity contribution is 7.89.